The normalized spacial score (nSPS) is 11.2. The van der Waals surface area contributed by atoms with Gasteiger partial charge in [-0.15, -0.1) is 0 Å². The second-order valence-electron chi connectivity index (χ2n) is 5.09. The summed E-state index contributed by atoms with van der Waals surface area (Å²) in [5.41, 5.74) is 12.4. The van der Waals surface area contributed by atoms with Crippen LogP contribution in [0.3, 0.4) is 0 Å². The summed E-state index contributed by atoms with van der Waals surface area (Å²) >= 11 is 11.2. The Morgan fingerprint density at radius 2 is 1.00 bits per heavy atom. The van der Waals surface area contributed by atoms with E-state index in [4.69, 9.17) is 34.7 Å². The molecule has 0 aliphatic heterocycles. The second kappa shape index (κ2) is 9.42. The minimum Gasteiger partial charge on any atom is -0.744 e. The number of hydrogen-bond acceptors (Lipinski definition) is 8. The molecule has 152 valence electrons. The largest absolute Gasteiger partial charge is 2.00 e. The number of anilines is 2. The average molecular weight is 500 g/mol. The maximum absolute atomic E-state index is 10.6. The summed E-state index contributed by atoms with van der Waals surface area (Å²) in [6.07, 6.45) is 0. The summed E-state index contributed by atoms with van der Waals surface area (Å²) in [7, 11) is -9.02. The topological polar surface area (TPSA) is 166 Å². The molecule has 0 atom stereocenters. The van der Waals surface area contributed by atoms with Gasteiger partial charge in [-0.2, -0.15) is 0 Å². The molecule has 2 rings (SSSR count). The Hall–Kier alpha value is -1.07. The SMILES string of the molecule is Cc1c(N)ccc(S(=O)(=O)[O-])c1Cl.Cc1c(N)ccc(S(=O)(=O)[O-])c1Cl.[Ni+2]. The maximum Gasteiger partial charge on any atom is 2.00 e. The minimum atomic E-state index is -4.51. The summed E-state index contributed by atoms with van der Waals surface area (Å²) in [6, 6.07) is 4.89. The first-order chi connectivity index (χ1) is 11.7. The molecule has 0 heterocycles. The second-order valence-corrected chi connectivity index (χ2v) is 8.54. The van der Waals surface area contributed by atoms with E-state index < -0.39 is 30.0 Å². The predicted molar refractivity (Wildman–Crippen MR) is 97.1 cm³/mol. The Kier molecular flexibility index (Phi) is 9.05. The Labute approximate surface area is 177 Å². The first-order valence-corrected chi connectivity index (χ1v) is 10.3. The Bertz CT molecular complexity index is 974. The fraction of sp³-hybridized carbons (Fsp3) is 0.143. The number of nitrogens with two attached hydrogens (primary N) is 2. The standard InChI is InChI=1S/2C7H8ClNO3S.Ni/c2*1-4-5(9)2-3-6(7(4)8)13(10,11)12;/h2*2-3H,9H2,1H3,(H,10,11,12);/q;;+2/p-2. The minimum absolute atomic E-state index is 0. The fourth-order valence-electron chi connectivity index (χ4n) is 1.74. The van der Waals surface area contributed by atoms with Gasteiger partial charge >= 0.3 is 16.5 Å². The molecule has 8 nitrogen and oxygen atoms in total. The van der Waals surface area contributed by atoms with Crippen molar-refractivity contribution >= 4 is 54.8 Å². The Morgan fingerprint density at radius 3 is 1.22 bits per heavy atom. The molecule has 0 aromatic heterocycles. The molecular formula is C14H14Cl2N2NiO6S2. The molecule has 0 aliphatic rings. The molecule has 0 aliphatic carbocycles. The monoisotopic (exact) mass is 498 g/mol. The van der Waals surface area contributed by atoms with Crippen molar-refractivity contribution in [1.82, 2.24) is 0 Å². The molecule has 13 heteroatoms. The molecule has 2 aromatic carbocycles. The fourth-order valence-corrected chi connectivity index (χ4v) is 3.86. The third kappa shape index (κ3) is 6.50. The molecule has 0 bridgehead atoms. The van der Waals surface area contributed by atoms with E-state index in [0.717, 1.165) is 12.1 Å². The van der Waals surface area contributed by atoms with Gasteiger partial charge in [-0.25, -0.2) is 16.8 Å². The predicted octanol–water partition coefficient (Wildman–Crippen LogP) is 2.27. The van der Waals surface area contributed by atoms with Gasteiger partial charge < -0.3 is 20.6 Å². The van der Waals surface area contributed by atoms with Gasteiger partial charge in [-0.05, 0) is 49.2 Å². The van der Waals surface area contributed by atoms with Crippen LogP contribution in [0.4, 0.5) is 11.4 Å². The van der Waals surface area contributed by atoms with E-state index in [1.165, 1.54) is 12.1 Å². The van der Waals surface area contributed by atoms with Crippen molar-refractivity contribution in [3.05, 3.63) is 45.4 Å². The van der Waals surface area contributed by atoms with E-state index in [-0.39, 0.29) is 26.5 Å². The van der Waals surface area contributed by atoms with Crippen LogP contribution in [0.15, 0.2) is 34.1 Å². The summed E-state index contributed by atoms with van der Waals surface area (Å²) < 4.78 is 63.8. The number of hydrogen-bond donors (Lipinski definition) is 2. The third-order valence-corrected chi connectivity index (χ3v) is 6.28. The van der Waals surface area contributed by atoms with Gasteiger partial charge in [0.05, 0.1) is 19.8 Å². The van der Waals surface area contributed by atoms with Gasteiger partial charge in [0.25, 0.3) is 0 Å². The summed E-state index contributed by atoms with van der Waals surface area (Å²) in [5, 5.41) is -0.204. The van der Waals surface area contributed by atoms with Crippen LogP contribution in [-0.4, -0.2) is 25.9 Å². The van der Waals surface area contributed by atoms with Gasteiger partial charge in [0.2, 0.25) is 0 Å². The van der Waals surface area contributed by atoms with Crippen LogP contribution in [0, 0.1) is 13.8 Å². The molecule has 0 radical (unpaired) electrons. The van der Waals surface area contributed by atoms with Crippen molar-refractivity contribution in [3.63, 3.8) is 0 Å². The van der Waals surface area contributed by atoms with Crippen LogP contribution < -0.4 is 11.5 Å². The zero-order valence-electron chi connectivity index (χ0n) is 13.8. The smallest absolute Gasteiger partial charge is 0.744 e. The van der Waals surface area contributed by atoms with Crippen LogP contribution >= 0.6 is 23.2 Å². The molecule has 0 unspecified atom stereocenters. The van der Waals surface area contributed by atoms with Crippen LogP contribution in [-0.2, 0) is 36.7 Å². The average Bonchev–Trinajstić information content (AvgIpc) is 2.48. The summed E-state index contributed by atoms with van der Waals surface area (Å²) in [4.78, 5) is -0.860. The molecule has 2 aromatic rings. The van der Waals surface area contributed by atoms with E-state index in [0.29, 0.717) is 22.5 Å². The third-order valence-electron chi connectivity index (χ3n) is 3.32. The van der Waals surface area contributed by atoms with Crippen LogP contribution in [0.25, 0.3) is 0 Å². The number of benzene rings is 2. The van der Waals surface area contributed by atoms with Crippen molar-refractivity contribution in [2.45, 2.75) is 23.6 Å². The summed E-state index contributed by atoms with van der Waals surface area (Å²) in [6.45, 7) is 3.10. The van der Waals surface area contributed by atoms with Crippen LogP contribution in [0.2, 0.25) is 10.0 Å². The first-order valence-electron chi connectivity index (χ1n) is 6.68. The zero-order chi connectivity index (χ0) is 20.4. The van der Waals surface area contributed by atoms with E-state index in [1.54, 1.807) is 13.8 Å². The van der Waals surface area contributed by atoms with E-state index in [1.807, 2.05) is 0 Å². The molecule has 0 saturated carbocycles. The molecule has 0 saturated heterocycles. The van der Waals surface area contributed by atoms with Crippen molar-refractivity contribution in [2.24, 2.45) is 0 Å². The van der Waals surface area contributed by atoms with E-state index >= 15 is 0 Å². The molecular weight excluding hydrogens is 486 g/mol. The zero-order valence-corrected chi connectivity index (χ0v) is 17.9. The maximum atomic E-state index is 10.6. The van der Waals surface area contributed by atoms with Crippen molar-refractivity contribution in [1.29, 1.82) is 0 Å². The number of rotatable bonds is 2. The van der Waals surface area contributed by atoms with E-state index in [9.17, 15) is 25.9 Å². The van der Waals surface area contributed by atoms with Gasteiger partial charge in [-0.3, -0.25) is 0 Å². The first kappa shape index (κ1) is 25.9. The molecule has 0 spiro atoms. The van der Waals surface area contributed by atoms with Crippen molar-refractivity contribution < 1.29 is 42.4 Å². The van der Waals surface area contributed by atoms with Crippen molar-refractivity contribution in [2.75, 3.05) is 11.5 Å². The summed E-state index contributed by atoms with van der Waals surface area (Å²) in [5.74, 6) is 0. The van der Waals surface area contributed by atoms with Gasteiger partial charge in [-0.1, -0.05) is 23.2 Å². The van der Waals surface area contributed by atoms with Gasteiger partial charge in [0.1, 0.15) is 20.2 Å². The Balaban J connectivity index is 0.000000483. The molecule has 0 fully saturated rings. The molecule has 0 amide bonds. The van der Waals surface area contributed by atoms with Gasteiger partial charge in [0, 0.05) is 11.4 Å². The van der Waals surface area contributed by atoms with Crippen LogP contribution in [0.1, 0.15) is 11.1 Å². The van der Waals surface area contributed by atoms with Crippen LogP contribution in [0.5, 0.6) is 0 Å². The molecule has 27 heavy (non-hydrogen) atoms. The number of halogens is 2. The van der Waals surface area contributed by atoms with Gasteiger partial charge in [0.15, 0.2) is 0 Å². The van der Waals surface area contributed by atoms with E-state index in [2.05, 4.69) is 0 Å². The Morgan fingerprint density at radius 1 is 0.741 bits per heavy atom. The quantitative estimate of drug-likeness (QED) is 0.360. The van der Waals surface area contributed by atoms with Crippen molar-refractivity contribution in [3.8, 4) is 0 Å². The number of nitrogen functional groups attached to an aromatic ring is 2. The molecule has 4 N–H and O–H groups in total.